The van der Waals surface area contributed by atoms with Crippen molar-refractivity contribution < 1.29 is 14.5 Å². The van der Waals surface area contributed by atoms with Gasteiger partial charge in [-0.15, -0.1) is 11.8 Å². The number of nitrogens with one attached hydrogen (secondary N) is 2. The lowest BCUT2D eigenvalue weighted by Crippen LogP contribution is -2.19. The maximum atomic E-state index is 13.4. The molecular weight excluding hydrogens is 510 g/mol. The zero-order valence-corrected chi connectivity index (χ0v) is 21.4. The molecule has 1 atom stereocenters. The zero-order chi connectivity index (χ0) is 27.2. The smallest absolute Gasteiger partial charge is 0.269 e. The summed E-state index contributed by atoms with van der Waals surface area (Å²) in [7, 11) is 0. The summed E-state index contributed by atoms with van der Waals surface area (Å²) in [5, 5.41) is 18.2. The molecule has 0 bridgehead atoms. The molecule has 5 aromatic carbocycles. The van der Waals surface area contributed by atoms with E-state index in [2.05, 4.69) is 10.6 Å². The first-order chi connectivity index (χ1) is 19.0. The van der Waals surface area contributed by atoms with E-state index < -0.39 is 10.2 Å². The largest absolute Gasteiger partial charge is 0.325 e. The van der Waals surface area contributed by atoms with Gasteiger partial charge in [0.2, 0.25) is 5.91 Å². The third-order valence-corrected chi connectivity index (χ3v) is 7.29. The van der Waals surface area contributed by atoms with E-state index >= 15 is 0 Å². The number of carbonyl (C=O) groups excluding carboxylic acids is 2. The Morgan fingerprint density at radius 3 is 2.15 bits per heavy atom. The van der Waals surface area contributed by atoms with Gasteiger partial charge in [-0.3, -0.25) is 19.7 Å². The predicted octanol–water partition coefficient (Wildman–Crippen LogP) is 7.47. The highest BCUT2D eigenvalue weighted by Gasteiger charge is 2.23. The molecule has 5 aromatic rings. The van der Waals surface area contributed by atoms with Crippen molar-refractivity contribution in [2.45, 2.75) is 10.1 Å². The van der Waals surface area contributed by atoms with Gasteiger partial charge in [0, 0.05) is 34.0 Å². The fraction of sp³-hybridized carbons (Fsp3) is 0.0323. The van der Waals surface area contributed by atoms with Gasteiger partial charge in [-0.1, -0.05) is 66.7 Å². The summed E-state index contributed by atoms with van der Waals surface area (Å²) in [5.74, 6) is -0.496. The Morgan fingerprint density at radius 1 is 0.692 bits per heavy atom. The van der Waals surface area contributed by atoms with Gasteiger partial charge >= 0.3 is 0 Å². The van der Waals surface area contributed by atoms with Gasteiger partial charge in [0.1, 0.15) is 5.25 Å². The Balaban J connectivity index is 1.34. The number of hydrogen-bond donors (Lipinski definition) is 2. The normalized spacial score (nSPS) is 11.5. The number of nitrogens with zero attached hydrogens (tertiary/aromatic N) is 1. The van der Waals surface area contributed by atoms with E-state index in [1.54, 1.807) is 12.1 Å². The van der Waals surface area contributed by atoms with Crippen LogP contribution in [-0.4, -0.2) is 16.7 Å². The van der Waals surface area contributed by atoms with Crippen LogP contribution in [0, 0.1) is 10.1 Å². The number of amides is 2. The Morgan fingerprint density at radius 2 is 1.41 bits per heavy atom. The van der Waals surface area contributed by atoms with E-state index in [1.807, 2.05) is 84.9 Å². The lowest BCUT2D eigenvalue weighted by molar-refractivity contribution is -0.384. The third kappa shape index (κ3) is 6.31. The second kappa shape index (κ2) is 11.6. The first-order valence-corrected chi connectivity index (χ1v) is 13.0. The van der Waals surface area contributed by atoms with Crippen LogP contribution in [-0.2, 0) is 4.79 Å². The first-order valence-electron chi connectivity index (χ1n) is 12.1. The van der Waals surface area contributed by atoms with Gasteiger partial charge in [-0.05, 0) is 58.8 Å². The zero-order valence-electron chi connectivity index (χ0n) is 20.6. The van der Waals surface area contributed by atoms with Crippen molar-refractivity contribution >= 4 is 51.4 Å². The van der Waals surface area contributed by atoms with Crippen molar-refractivity contribution in [3.05, 3.63) is 143 Å². The average Bonchev–Trinajstić information content (AvgIpc) is 2.96. The van der Waals surface area contributed by atoms with Crippen LogP contribution in [0.1, 0.15) is 21.2 Å². The molecule has 8 heteroatoms. The minimum atomic E-state index is -0.604. The number of anilines is 2. The summed E-state index contributed by atoms with van der Waals surface area (Å²) in [6.07, 6.45) is 0. The minimum Gasteiger partial charge on any atom is -0.325 e. The molecule has 5 rings (SSSR count). The maximum Gasteiger partial charge on any atom is 0.269 e. The topological polar surface area (TPSA) is 101 Å². The molecule has 0 saturated carbocycles. The van der Waals surface area contributed by atoms with E-state index in [1.165, 1.54) is 36.0 Å². The molecule has 2 N–H and O–H groups in total. The van der Waals surface area contributed by atoms with Crippen LogP contribution in [0.3, 0.4) is 0 Å². The number of fused-ring (bicyclic) bond motifs is 1. The van der Waals surface area contributed by atoms with Gasteiger partial charge in [-0.2, -0.15) is 0 Å². The summed E-state index contributed by atoms with van der Waals surface area (Å²) in [6.45, 7) is 0. The van der Waals surface area contributed by atoms with Crippen molar-refractivity contribution in [1.29, 1.82) is 0 Å². The Kier molecular flexibility index (Phi) is 7.65. The summed E-state index contributed by atoms with van der Waals surface area (Å²) in [4.78, 5) is 37.6. The highest BCUT2D eigenvalue weighted by atomic mass is 32.2. The maximum absolute atomic E-state index is 13.4. The number of hydrogen-bond acceptors (Lipinski definition) is 5. The number of thioether (sulfide) groups is 1. The molecule has 1 unspecified atom stereocenters. The lowest BCUT2D eigenvalue weighted by Gasteiger charge is -2.18. The van der Waals surface area contributed by atoms with Gasteiger partial charge in [0.25, 0.3) is 11.6 Å². The summed E-state index contributed by atoms with van der Waals surface area (Å²) in [5.41, 5.74) is 2.37. The standard InChI is InChI=1S/C31H23N3O4S/c35-30(24-14-13-21-7-4-5-10-23(21)19-24)33-26-11-6-12-28(20-26)39-29(22-8-2-1-3-9-22)31(36)32-25-15-17-27(18-16-25)34(37)38/h1-20,29H,(H,32,36)(H,33,35). The highest BCUT2D eigenvalue weighted by Crippen LogP contribution is 2.37. The molecule has 0 saturated heterocycles. The second-order valence-corrected chi connectivity index (χ2v) is 9.92. The van der Waals surface area contributed by atoms with Crippen molar-refractivity contribution in [1.82, 2.24) is 0 Å². The number of benzene rings is 5. The number of carbonyl (C=O) groups is 2. The van der Waals surface area contributed by atoms with Crippen LogP contribution in [0.25, 0.3) is 10.8 Å². The molecule has 0 fully saturated rings. The monoisotopic (exact) mass is 533 g/mol. The highest BCUT2D eigenvalue weighted by molar-refractivity contribution is 8.00. The summed E-state index contributed by atoms with van der Waals surface area (Å²) < 4.78 is 0. The molecule has 0 aliphatic heterocycles. The molecule has 0 aliphatic carbocycles. The summed E-state index contributed by atoms with van der Waals surface area (Å²) >= 11 is 1.34. The molecule has 2 amide bonds. The molecule has 0 heterocycles. The molecule has 0 radical (unpaired) electrons. The molecule has 192 valence electrons. The lowest BCUT2D eigenvalue weighted by atomic mass is 10.1. The third-order valence-electron chi connectivity index (χ3n) is 6.04. The quantitative estimate of drug-likeness (QED) is 0.122. The van der Waals surface area contributed by atoms with Crippen LogP contribution >= 0.6 is 11.8 Å². The van der Waals surface area contributed by atoms with Gasteiger partial charge in [0.05, 0.1) is 4.92 Å². The van der Waals surface area contributed by atoms with Crippen LogP contribution in [0.4, 0.5) is 17.1 Å². The number of rotatable bonds is 8. The molecule has 39 heavy (non-hydrogen) atoms. The second-order valence-electron chi connectivity index (χ2n) is 8.75. The fourth-order valence-corrected chi connectivity index (χ4v) is 5.18. The van der Waals surface area contributed by atoms with Crippen LogP contribution in [0.5, 0.6) is 0 Å². The van der Waals surface area contributed by atoms with Crippen LogP contribution < -0.4 is 10.6 Å². The molecule has 0 spiro atoms. The molecule has 0 aliphatic rings. The Hall–Kier alpha value is -4.95. The van der Waals surface area contributed by atoms with Gasteiger partial charge < -0.3 is 10.6 Å². The van der Waals surface area contributed by atoms with Crippen molar-refractivity contribution in [2.24, 2.45) is 0 Å². The van der Waals surface area contributed by atoms with Crippen molar-refractivity contribution in [3.63, 3.8) is 0 Å². The average molecular weight is 534 g/mol. The number of nitro benzene ring substituents is 1. The van der Waals surface area contributed by atoms with Crippen LogP contribution in [0.15, 0.2) is 126 Å². The van der Waals surface area contributed by atoms with Gasteiger partial charge in [0.15, 0.2) is 0 Å². The first kappa shape index (κ1) is 25.7. The SMILES string of the molecule is O=C(Nc1cccc(SC(C(=O)Nc2ccc([N+](=O)[O-])cc2)c2ccccc2)c1)c1ccc2ccccc2c1. The Labute approximate surface area is 229 Å². The molecule has 0 aromatic heterocycles. The van der Waals surface area contributed by atoms with Gasteiger partial charge in [-0.25, -0.2) is 0 Å². The Bertz CT molecular complexity index is 1660. The predicted molar refractivity (Wildman–Crippen MR) is 155 cm³/mol. The fourth-order valence-electron chi connectivity index (χ4n) is 4.09. The van der Waals surface area contributed by atoms with E-state index in [4.69, 9.17) is 0 Å². The van der Waals surface area contributed by atoms with Crippen molar-refractivity contribution in [2.75, 3.05) is 10.6 Å². The van der Waals surface area contributed by atoms with Crippen molar-refractivity contribution in [3.8, 4) is 0 Å². The summed E-state index contributed by atoms with van der Waals surface area (Å²) in [6, 6.07) is 35.8. The molecule has 7 nitrogen and oxygen atoms in total. The molecular formula is C31H23N3O4S. The van der Waals surface area contributed by atoms with E-state index in [0.29, 0.717) is 16.9 Å². The van der Waals surface area contributed by atoms with Crippen LogP contribution in [0.2, 0.25) is 0 Å². The van der Waals surface area contributed by atoms with E-state index in [0.717, 1.165) is 21.2 Å². The minimum absolute atomic E-state index is 0.0514. The van der Waals surface area contributed by atoms with E-state index in [-0.39, 0.29) is 17.5 Å². The van der Waals surface area contributed by atoms with E-state index in [9.17, 15) is 19.7 Å². The number of non-ortho nitro benzene ring substituents is 1. The number of nitro groups is 1.